The van der Waals surface area contributed by atoms with Crippen LogP contribution in [0.25, 0.3) is 0 Å². The van der Waals surface area contributed by atoms with Crippen LogP contribution in [-0.2, 0) is 15.7 Å². The Kier molecular flexibility index (Phi) is 8.50. The van der Waals surface area contributed by atoms with Crippen LogP contribution in [0.1, 0.15) is 52.0 Å². The molecule has 2 unspecified atom stereocenters. The number of hydrogen-bond acceptors (Lipinski definition) is 5. The fourth-order valence-corrected chi connectivity index (χ4v) is 2.61. The molecule has 0 fully saturated rings. The number of nitrogens with zero attached hydrogens (tertiary/aromatic N) is 1. The maximum Gasteiger partial charge on any atom is 0.417 e. The number of pyridine rings is 1. The lowest BCUT2D eigenvalue weighted by molar-refractivity contribution is -0.157. The number of unbranched alkanes of at least 4 members (excludes halogenated alkanes) is 1. The quantitative estimate of drug-likeness (QED) is 0.426. The molecule has 0 saturated carbocycles. The Hall–Kier alpha value is -2.77. The number of esters is 1. The van der Waals surface area contributed by atoms with Crippen LogP contribution in [0, 0.1) is 0 Å². The molecule has 1 heterocycles. The summed E-state index contributed by atoms with van der Waals surface area (Å²) in [5.74, 6) is 0.419. The molecule has 30 heavy (non-hydrogen) atoms. The van der Waals surface area contributed by atoms with Gasteiger partial charge in [0.1, 0.15) is 17.6 Å². The summed E-state index contributed by atoms with van der Waals surface area (Å²) in [6.45, 7) is 5.68. The lowest BCUT2D eigenvalue weighted by atomic mass is 10.1. The molecule has 2 atom stereocenters. The van der Waals surface area contributed by atoms with Gasteiger partial charge in [0.15, 0.2) is 6.10 Å². The number of alkyl halides is 3. The van der Waals surface area contributed by atoms with Crippen LogP contribution in [-0.4, -0.2) is 23.2 Å². The third-order valence-electron chi connectivity index (χ3n) is 4.37. The van der Waals surface area contributed by atoms with E-state index in [1.54, 1.807) is 31.2 Å². The lowest BCUT2D eigenvalue weighted by Crippen LogP contribution is -2.30. The number of ether oxygens (including phenoxy) is 3. The highest BCUT2D eigenvalue weighted by Gasteiger charge is 2.30. The van der Waals surface area contributed by atoms with Crippen molar-refractivity contribution in [2.75, 3.05) is 0 Å². The molecule has 164 valence electrons. The van der Waals surface area contributed by atoms with E-state index < -0.39 is 23.8 Å². The van der Waals surface area contributed by atoms with Gasteiger partial charge in [-0.1, -0.05) is 26.7 Å². The monoisotopic (exact) mass is 425 g/mol. The number of halogens is 3. The van der Waals surface area contributed by atoms with Crippen molar-refractivity contribution >= 4 is 5.97 Å². The Morgan fingerprint density at radius 2 is 1.73 bits per heavy atom. The molecule has 0 aliphatic heterocycles. The lowest BCUT2D eigenvalue weighted by Gasteiger charge is -2.19. The van der Waals surface area contributed by atoms with E-state index >= 15 is 0 Å². The van der Waals surface area contributed by atoms with Gasteiger partial charge >= 0.3 is 12.1 Å². The van der Waals surface area contributed by atoms with Crippen molar-refractivity contribution in [1.29, 1.82) is 0 Å². The van der Waals surface area contributed by atoms with Crippen molar-refractivity contribution in [3.8, 4) is 17.4 Å². The average molecular weight is 425 g/mol. The van der Waals surface area contributed by atoms with Crippen molar-refractivity contribution in [1.82, 2.24) is 4.98 Å². The molecule has 8 heteroatoms. The molecule has 0 amide bonds. The molecule has 0 spiro atoms. The number of carbonyl (C=O) groups excluding carboxylic acids is 1. The van der Waals surface area contributed by atoms with E-state index in [0.29, 0.717) is 17.7 Å². The number of hydrogen-bond donors (Lipinski definition) is 0. The summed E-state index contributed by atoms with van der Waals surface area (Å²) in [6, 6.07) is 8.38. The highest BCUT2D eigenvalue weighted by molar-refractivity contribution is 5.74. The molecule has 0 aliphatic rings. The largest absolute Gasteiger partial charge is 0.479 e. The van der Waals surface area contributed by atoms with Crippen molar-refractivity contribution in [2.45, 2.75) is 64.8 Å². The Labute approximate surface area is 174 Å². The van der Waals surface area contributed by atoms with Gasteiger partial charge < -0.3 is 14.2 Å². The summed E-state index contributed by atoms with van der Waals surface area (Å²) in [6.07, 6.45) is -1.01. The third-order valence-corrected chi connectivity index (χ3v) is 4.37. The summed E-state index contributed by atoms with van der Waals surface area (Å²) in [5, 5.41) is 0. The van der Waals surface area contributed by atoms with Crippen LogP contribution in [0.3, 0.4) is 0 Å². The molecule has 2 aromatic rings. The summed E-state index contributed by atoms with van der Waals surface area (Å²) in [4.78, 5) is 15.9. The maximum atomic E-state index is 12.6. The minimum atomic E-state index is -4.45. The number of rotatable bonds is 10. The predicted molar refractivity (Wildman–Crippen MR) is 106 cm³/mol. The fourth-order valence-electron chi connectivity index (χ4n) is 2.61. The van der Waals surface area contributed by atoms with Gasteiger partial charge in [-0.2, -0.15) is 13.2 Å². The van der Waals surface area contributed by atoms with E-state index in [-0.39, 0.29) is 12.0 Å². The van der Waals surface area contributed by atoms with E-state index in [2.05, 4.69) is 11.9 Å². The Balaban J connectivity index is 1.90. The van der Waals surface area contributed by atoms with Gasteiger partial charge in [-0.25, -0.2) is 9.78 Å². The molecule has 0 N–H and O–H groups in total. The number of aromatic nitrogens is 1. The van der Waals surface area contributed by atoms with Crippen LogP contribution >= 0.6 is 0 Å². The second-order valence-electron chi connectivity index (χ2n) is 6.83. The normalized spacial score (nSPS) is 13.4. The van der Waals surface area contributed by atoms with Crippen LogP contribution < -0.4 is 9.47 Å². The minimum absolute atomic E-state index is 0.0336. The molecule has 2 rings (SSSR count). The first-order chi connectivity index (χ1) is 14.2. The smallest absolute Gasteiger partial charge is 0.417 e. The van der Waals surface area contributed by atoms with Gasteiger partial charge in [-0.15, -0.1) is 0 Å². The van der Waals surface area contributed by atoms with E-state index in [1.165, 1.54) is 0 Å². The van der Waals surface area contributed by atoms with Crippen molar-refractivity contribution in [3.63, 3.8) is 0 Å². The highest BCUT2D eigenvalue weighted by atomic mass is 19.4. The molecular formula is C22H26F3NO4. The molecule has 0 saturated heterocycles. The van der Waals surface area contributed by atoms with Crippen molar-refractivity contribution in [2.24, 2.45) is 0 Å². The van der Waals surface area contributed by atoms with Gasteiger partial charge in [0.25, 0.3) is 0 Å². The van der Waals surface area contributed by atoms with E-state index in [9.17, 15) is 18.0 Å². The summed E-state index contributed by atoms with van der Waals surface area (Å²) in [5.41, 5.74) is -0.848. The number of benzene rings is 1. The minimum Gasteiger partial charge on any atom is -0.479 e. The molecule has 1 aromatic carbocycles. The molecule has 0 radical (unpaired) electrons. The Morgan fingerprint density at radius 3 is 2.27 bits per heavy atom. The standard InChI is InChI=1S/C22H26F3NO4/c1-4-6-7-17(5-2)30-21(27)15(3)28-18-9-11-19(12-10-18)29-20-13-8-16(14-26-20)22(23,24)25/h8-15,17H,4-7H2,1-3H3. The van der Waals surface area contributed by atoms with E-state index in [1.807, 2.05) is 6.92 Å². The topological polar surface area (TPSA) is 57.7 Å². The fraction of sp³-hybridized carbons (Fsp3) is 0.455. The van der Waals surface area contributed by atoms with Gasteiger partial charge in [0.05, 0.1) is 5.56 Å². The average Bonchev–Trinajstić information content (AvgIpc) is 2.72. The zero-order valence-electron chi connectivity index (χ0n) is 17.2. The third kappa shape index (κ3) is 7.24. The summed E-state index contributed by atoms with van der Waals surface area (Å²) >= 11 is 0. The first-order valence-corrected chi connectivity index (χ1v) is 9.91. The zero-order valence-corrected chi connectivity index (χ0v) is 17.2. The van der Waals surface area contributed by atoms with Crippen LogP contribution in [0.2, 0.25) is 0 Å². The first kappa shape index (κ1) is 23.5. The molecule has 1 aromatic heterocycles. The zero-order chi connectivity index (χ0) is 22.1. The second kappa shape index (κ2) is 10.8. The van der Waals surface area contributed by atoms with Crippen LogP contribution in [0.5, 0.6) is 17.4 Å². The van der Waals surface area contributed by atoms with Crippen molar-refractivity contribution < 1.29 is 32.2 Å². The molecule has 5 nitrogen and oxygen atoms in total. The van der Waals surface area contributed by atoms with Gasteiger partial charge in [-0.3, -0.25) is 0 Å². The highest BCUT2D eigenvalue weighted by Crippen LogP contribution is 2.30. The predicted octanol–water partition coefficient (Wildman–Crippen LogP) is 6.17. The molecule has 0 aliphatic carbocycles. The molecular weight excluding hydrogens is 399 g/mol. The first-order valence-electron chi connectivity index (χ1n) is 9.91. The van der Waals surface area contributed by atoms with E-state index in [4.69, 9.17) is 14.2 Å². The van der Waals surface area contributed by atoms with Gasteiger partial charge in [-0.05, 0) is 50.1 Å². The van der Waals surface area contributed by atoms with Crippen LogP contribution in [0.4, 0.5) is 13.2 Å². The Bertz CT molecular complexity index is 792. The van der Waals surface area contributed by atoms with E-state index in [0.717, 1.165) is 37.8 Å². The van der Waals surface area contributed by atoms with Gasteiger partial charge in [0, 0.05) is 12.3 Å². The van der Waals surface area contributed by atoms with Crippen LogP contribution in [0.15, 0.2) is 42.6 Å². The Morgan fingerprint density at radius 1 is 1.07 bits per heavy atom. The maximum absolute atomic E-state index is 12.6. The summed E-state index contributed by atoms with van der Waals surface area (Å²) < 4.78 is 54.2. The second-order valence-corrected chi connectivity index (χ2v) is 6.83. The molecule has 0 bridgehead atoms. The SMILES string of the molecule is CCCCC(CC)OC(=O)C(C)Oc1ccc(Oc2ccc(C(F)(F)F)cn2)cc1. The summed E-state index contributed by atoms with van der Waals surface area (Å²) in [7, 11) is 0. The number of carbonyl (C=O) groups is 1. The van der Waals surface area contributed by atoms with Gasteiger partial charge in [0.2, 0.25) is 5.88 Å². The van der Waals surface area contributed by atoms with Crippen molar-refractivity contribution in [3.05, 3.63) is 48.2 Å².